The molecule has 1 amide bonds. The number of carbonyl (C=O) groups excluding carboxylic acids is 1. The number of piperazine rings is 1. The first-order chi connectivity index (χ1) is 11.4. The molecule has 0 aliphatic carbocycles. The van der Waals surface area contributed by atoms with Gasteiger partial charge in [0.1, 0.15) is 11.5 Å². The van der Waals surface area contributed by atoms with Crippen molar-refractivity contribution < 1.29 is 4.79 Å². The van der Waals surface area contributed by atoms with Crippen LogP contribution >= 0.6 is 0 Å². The molecule has 0 N–H and O–H groups in total. The highest BCUT2D eigenvalue weighted by molar-refractivity contribution is 5.92. The van der Waals surface area contributed by atoms with E-state index in [0.29, 0.717) is 23.6 Å². The summed E-state index contributed by atoms with van der Waals surface area (Å²) in [6.45, 7) is 10.9. The van der Waals surface area contributed by atoms with Crippen LogP contribution in [0.5, 0.6) is 0 Å². The molecule has 0 radical (unpaired) electrons. The zero-order valence-electron chi connectivity index (χ0n) is 15.3. The summed E-state index contributed by atoms with van der Waals surface area (Å²) in [5.41, 5.74) is 1.38. The van der Waals surface area contributed by atoms with E-state index in [9.17, 15) is 4.79 Å². The molecule has 132 valence electrons. The van der Waals surface area contributed by atoms with Gasteiger partial charge in [-0.1, -0.05) is 0 Å². The largest absolute Gasteiger partial charge is 0.334 e. The quantitative estimate of drug-likeness (QED) is 0.818. The Morgan fingerprint density at radius 3 is 2.46 bits per heavy atom. The number of rotatable bonds is 2. The molecule has 6 heteroatoms. The lowest BCUT2D eigenvalue weighted by Crippen LogP contribution is -2.58. The van der Waals surface area contributed by atoms with Crippen molar-refractivity contribution in [1.29, 1.82) is 0 Å². The van der Waals surface area contributed by atoms with E-state index in [4.69, 9.17) is 0 Å². The lowest BCUT2D eigenvalue weighted by atomic mass is 10.00. The normalized spacial score (nSPS) is 24.3. The number of hydrogen-bond donors (Lipinski definition) is 0. The van der Waals surface area contributed by atoms with E-state index in [2.05, 4.69) is 33.7 Å². The number of piperidine rings is 1. The molecule has 0 bridgehead atoms. The van der Waals surface area contributed by atoms with Crippen molar-refractivity contribution in [2.75, 3.05) is 39.8 Å². The minimum absolute atomic E-state index is 0.0403. The van der Waals surface area contributed by atoms with Gasteiger partial charge >= 0.3 is 0 Å². The first kappa shape index (κ1) is 17.3. The predicted molar refractivity (Wildman–Crippen MR) is 94.1 cm³/mol. The zero-order chi connectivity index (χ0) is 17.3. The van der Waals surface area contributed by atoms with Gasteiger partial charge in [0.2, 0.25) is 0 Å². The molecule has 6 nitrogen and oxygen atoms in total. The van der Waals surface area contributed by atoms with Crippen LogP contribution in [0.1, 0.15) is 41.8 Å². The first-order valence-corrected chi connectivity index (χ1v) is 9.00. The standard InChI is InChI=1S/C18H29N5O/c1-13-11-17(20-15(3)19-13)18(24)22-9-10-23(14(2)12-22)16-5-7-21(4)8-6-16/h11,14,16H,5-10,12H2,1-4H3. The molecule has 2 aliphatic rings. The Morgan fingerprint density at radius 2 is 1.83 bits per heavy atom. The zero-order valence-corrected chi connectivity index (χ0v) is 15.3. The Balaban J connectivity index is 1.63. The fraction of sp³-hybridized carbons (Fsp3) is 0.722. The molecule has 1 aromatic rings. The molecular weight excluding hydrogens is 302 g/mol. The first-order valence-electron chi connectivity index (χ1n) is 9.00. The summed E-state index contributed by atoms with van der Waals surface area (Å²) in [7, 11) is 2.20. The van der Waals surface area contributed by atoms with E-state index in [1.54, 1.807) is 6.07 Å². The van der Waals surface area contributed by atoms with Crippen molar-refractivity contribution in [1.82, 2.24) is 24.7 Å². The molecule has 0 spiro atoms. The van der Waals surface area contributed by atoms with Gasteiger partial charge in [0, 0.05) is 37.4 Å². The van der Waals surface area contributed by atoms with Crippen molar-refractivity contribution in [3.8, 4) is 0 Å². The average molecular weight is 331 g/mol. The summed E-state index contributed by atoms with van der Waals surface area (Å²) in [5, 5.41) is 0. The van der Waals surface area contributed by atoms with E-state index < -0.39 is 0 Å². The van der Waals surface area contributed by atoms with Gasteiger partial charge in [0.15, 0.2) is 0 Å². The van der Waals surface area contributed by atoms with Gasteiger partial charge in [-0.05, 0) is 59.8 Å². The second kappa shape index (κ2) is 7.15. The van der Waals surface area contributed by atoms with Gasteiger partial charge in [0.25, 0.3) is 5.91 Å². The van der Waals surface area contributed by atoms with E-state index in [0.717, 1.165) is 25.3 Å². The van der Waals surface area contributed by atoms with Gasteiger partial charge in [-0.2, -0.15) is 0 Å². The SMILES string of the molecule is Cc1cc(C(=O)N2CCN(C3CCN(C)CC3)C(C)C2)nc(C)n1. The van der Waals surface area contributed by atoms with Crippen LogP contribution in [-0.4, -0.2) is 82.4 Å². The van der Waals surface area contributed by atoms with E-state index in [1.165, 1.54) is 25.9 Å². The maximum Gasteiger partial charge on any atom is 0.272 e. The van der Waals surface area contributed by atoms with Crippen molar-refractivity contribution in [3.05, 3.63) is 23.3 Å². The summed E-state index contributed by atoms with van der Waals surface area (Å²) >= 11 is 0. The lowest BCUT2D eigenvalue weighted by Gasteiger charge is -2.46. The summed E-state index contributed by atoms with van der Waals surface area (Å²) < 4.78 is 0. The highest BCUT2D eigenvalue weighted by Gasteiger charge is 2.33. The molecular formula is C18H29N5O. The molecule has 24 heavy (non-hydrogen) atoms. The van der Waals surface area contributed by atoms with Crippen LogP contribution in [0.15, 0.2) is 6.07 Å². The summed E-state index contributed by atoms with van der Waals surface area (Å²) in [6.07, 6.45) is 2.47. The second-order valence-corrected chi connectivity index (χ2v) is 7.31. The molecule has 2 saturated heterocycles. The van der Waals surface area contributed by atoms with Crippen molar-refractivity contribution in [2.24, 2.45) is 0 Å². The van der Waals surface area contributed by atoms with E-state index in [1.807, 2.05) is 18.7 Å². The number of nitrogens with zero attached hydrogens (tertiary/aromatic N) is 5. The smallest absolute Gasteiger partial charge is 0.272 e. The molecule has 0 aromatic carbocycles. The topological polar surface area (TPSA) is 52.6 Å². The number of carbonyl (C=O) groups is 1. The highest BCUT2D eigenvalue weighted by Crippen LogP contribution is 2.22. The number of amides is 1. The molecule has 0 saturated carbocycles. The van der Waals surface area contributed by atoms with E-state index >= 15 is 0 Å². The number of aryl methyl sites for hydroxylation is 2. The van der Waals surface area contributed by atoms with Crippen LogP contribution in [-0.2, 0) is 0 Å². The van der Waals surface area contributed by atoms with Gasteiger partial charge in [-0.25, -0.2) is 9.97 Å². The summed E-state index contributed by atoms with van der Waals surface area (Å²) in [5.74, 6) is 0.704. The Hall–Kier alpha value is -1.53. The number of aromatic nitrogens is 2. The third kappa shape index (κ3) is 3.75. The molecule has 2 aliphatic heterocycles. The van der Waals surface area contributed by atoms with Crippen molar-refractivity contribution in [3.63, 3.8) is 0 Å². The van der Waals surface area contributed by atoms with Crippen LogP contribution in [0.4, 0.5) is 0 Å². The Bertz CT molecular complexity index is 577. The molecule has 2 fully saturated rings. The van der Waals surface area contributed by atoms with Crippen molar-refractivity contribution in [2.45, 2.75) is 45.7 Å². The fourth-order valence-corrected chi connectivity index (χ4v) is 4.01. The van der Waals surface area contributed by atoms with Crippen molar-refractivity contribution >= 4 is 5.91 Å². The van der Waals surface area contributed by atoms with E-state index in [-0.39, 0.29) is 5.91 Å². The minimum atomic E-state index is 0.0403. The van der Waals surface area contributed by atoms with Crippen LogP contribution in [0.3, 0.4) is 0 Å². The van der Waals surface area contributed by atoms with Crippen LogP contribution in [0.25, 0.3) is 0 Å². The fourth-order valence-electron chi connectivity index (χ4n) is 4.01. The molecule has 1 atom stereocenters. The Labute approximate surface area is 144 Å². The molecule has 1 unspecified atom stereocenters. The summed E-state index contributed by atoms with van der Waals surface area (Å²) in [6, 6.07) is 2.86. The van der Waals surface area contributed by atoms with Crippen LogP contribution in [0, 0.1) is 13.8 Å². The second-order valence-electron chi connectivity index (χ2n) is 7.31. The Kier molecular flexibility index (Phi) is 5.15. The van der Waals surface area contributed by atoms with Gasteiger partial charge < -0.3 is 9.80 Å². The van der Waals surface area contributed by atoms with Gasteiger partial charge in [-0.3, -0.25) is 9.69 Å². The monoisotopic (exact) mass is 331 g/mol. The number of hydrogen-bond acceptors (Lipinski definition) is 5. The molecule has 3 rings (SSSR count). The Morgan fingerprint density at radius 1 is 1.12 bits per heavy atom. The predicted octanol–water partition coefficient (Wildman–Crippen LogP) is 1.33. The lowest BCUT2D eigenvalue weighted by molar-refractivity contribution is 0.0224. The molecule has 1 aromatic heterocycles. The summed E-state index contributed by atoms with van der Waals surface area (Å²) in [4.78, 5) is 28.3. The molecule has 3 heterocycles. The van der Waals surface area contributed by atoms with Gasteiger partial charge in [0.05, 0.1) is 0 Å². The minimum Gasteiger partial charge on any atom is -0.334 e. The van der Waals surface area contributed by atoms with Gasteiger partial charge in [-0.15, -0.1) is 0 Å². The van der Waals surface area contributed by atoms with Crippen LogP contribution < -0.4 is 0 Å². The third-order valence-electron chi connectivity index (χ3n) is 5.31. The maximum atomic E-state index is 12.8. The number of likely N-dealkylation sites (tertiary alicyclic amines) is 1. The third-order valence-corrected chi connectivity index (χ3v) is 5.31. The van der Waals surface area contributed by atoms with Crippen LogP contribution in [0.2, 0.25) is 0 Å². The highest BCUT2D eigenvalue weighted by atomic mass is 16.2. The maximum absolute atomic E-state index is 12.8. The average Bonchev–Trinajstić information content (AvgIpc) is 2.54.